The second-order valence-corrected chi connectivity index (χ2v) is 5.26. The van der Waals surface area contributed by atoms with E-state index in [0.29, 0.717) is 12.5 Å². The zero-order valence-electron chi connectivity index (χ0n) is 11.3. The summed E-state index contributed by atoms with van der Waals surface area (Å²) >= 11 is 0. The Morgan fingerprint density at radius 1 is 1.32 bits per heavy atom. The van der Waals surface area contributed by atoms with Crippen LogP contribution in [0, 0.1) is 5.92 Å². The summed E-state index contributed by atoms with van der Waals surface area (Å²) in [5, 5.41) is 0. The summed E-state index contributed by atoms with van der Waals surface area (Å²) in [6, 6.07) is 3.96. The molecule has 0 fully saturated rings. The van der Waals surface area contributed by atoms with Crippen molar-refractivity contribution in [3.63, 3.8) is 0 Å². The maximum atomic E-state index is 5.72. The quantitative estimate of drug-likeness (QED) is 0.913. The molecule has 1 aliphatic heterocycles. The van der Waals surface area contributed by atoms with Crippen LogP contribution in [0.1, 0.15) is 19.7 Å². The molecule has 0 atom stereocenters. The van der Waals surface area contributed by atoms with E-state index < -0.39 is 0 Å². The number of rotatable bonds is 4. The Morgan fingerprint density at radius 2 is 2.05 bits per heavy atom. The van der Waals surface area contributed by atoms with Gasteiger partial charge in [-0.15, -0.1) is 0 Å². The van der Waals surface area contributed by atoms with E-state index in [1.165, 1.54) is 0 Å². The van der Waals surface area contributed by atoms with E-state index in [0.717, 1.165) is 41.3 Å². The number of aromatic nitrogens is 2. The Bertz CT molecular complexity index is 604. The molecule has 2 aromatic rings. The van der Waals surface area contributed by atoms with Crippen LogP contribution in [0.5, 0.6) is 11.5 Å². The molecule has 5 heteroatoms. The molecular formula is C14H19N3O2. The smallest absolute Gasteiger partial charge is 0.231 e. The fourth-order valence-corrected chi connectivity index (χ4v) is 2.46. The van der Waals surface area contributed by atoms with Crippen molar-refractivity contribution in [2.24, 2.45) is 11.7 Å². The van der Waals surface area contributed by atoms with Gasteiger partial charge < -0.3 is 19.8 Å². The first kappa shape index (κ1) is 12.3. The number of nitrogens with two attached hydrogens (primary N) is 1. The first-order valence-corrected chi connectivity index (χ1v) is 6.68. The van der Waals surface area contributed by atoms with Crippen LogP contribution in [0.4, 0.5) is 0 Å². The minimum atomic E-state index is 0.289. The summed E-state index contributed by atoms with van der Waals surface area (Å²) in [5.74, 6) is 3.22. The third-order valence-corrected chi connectivity index (χ3v) is 3.27. The predicted molar refractivity (Wildman–Crippen MR) is 73.5 cm³/mol. The number of nitrogens with zero attached hydrogens (tertiary/aromatic N) is 2. The minimum absolute atomic E-state index is 0.289. The summed E-state index contributed by atoms with van der Waals surface area (Å²) in [7, 11) is 0. The molecule has 3 rings (SSSR count). The number of imidazole rings is 1. The Morgan fingerprint density at radius 3 is 2.74 bits per heavy atom. The van der Waals surface area contributed by atoms with E-state index in [-0.39, 0.29) is 6.79 Å². The molecule has 1 aromatic carbocycles. The first-order chi connectivity index (χ1) is 9.19. The second kappa shape index (κ2) is 4.74. The molecule has 0 aliphatic carbocycles. The third-order valence-electron chi connectivity index (χ3n) is 3.27. The molecule has 2 N–H and O–H groups in total. The number of ether oxygens (including phenoxy) is 2. The number of fused-ring (bicyclic) bond motifs is 2. The van der Waals surface area contributed by atoms with Crippen LogP contribution >= 0.6 is 0 Å². The normalized spacial score (nSPS) is 13.7. The lowest BCUT2D eigenvalue weighted by molar-refractivity contribution is 0.174. The van der Waals surface area contributed by atoms with E-state index in [2.05, 4.69) is 18.4 Å². The predicted octanol–water partition coefficient (Wildman–Crippen LogP) is 1.92. The number of benzene rings is 1. The summed E-state index contributed by atoms with van der Waals surface area (Å²) in [5.41, 5.74) is 7.75. The molecule has 0 radical (unpaired) electrons. The lowest BCUT2D eigenvalue weighted by atomic mass is 10.1. The molecule has 102 valence electrons. The van der Waals surface area contributed by atoms with Crippen LogP contribution in [-0.4, -0.2) is 22.9 Å². The fraction of sp³-hybridized carbons (Fsp3) is 0.500. The van der Waals surface area contributed by atoms with Gasteiger partial charge in [0.1, 0.15) is 5.82 Å². The van der Waals surface area contributed by atoms with Gasteiger partial charge in [0.05, 0.1) is 11.0 Å². The Balaban J connectivity index is 2.13. The van der Waals surface area contributed by atoms with E-state index >= 15 is 0 Å². The zero-order valence-corrected chi connectivity index (χ0v) is 11.3. The average Bonchev–Trinajstić information content (AvgIpc) is 2.92. The lowest BCUT2D eigenvalue weighted by Gasteiger charge is -2.09. The Labute approximate surface area is 112 Å². The second-order valence-electron chi connectivity index (χ2n) is 5.26. The average molecular weight is 261 g/mol. The molecule has 2 heterocycles. The van der Waals surface area contributed by atoms with Gasteiger partial charge in [0.25, 0.3) is 0 Å². The van der Waals surface area contributed by atoms with Gasteiger partial charge in [-0.2, -0.15) is 0 Å². The summed E-state index contributed by atoms with van der Waals surface area (Å²) in [6.07, 6.45) is 0.945. The molecule has 0 bridgehead atoms. The van der Waals surface area contributed by atoms with Gasteiger partial charge in [-0.05, 0) is 5.92 Å². The van der Waals surface area contributed by atoms with Crippen LogP contribution in [0.25, 0.3) is 11.0 Å². The van der Waals surface area contributed by atoms with Crippen LogP contribution in [0.2, 0.25) is 0 Å². The van der Waals surface area contributed by atoms with Gasteiger partial charge in [-0.1, -0.05) is 13.8 Å². The molecular weight excluding hydrogens is 242 g/mol. The van der Waals surface area contributed by atoms with Crippen LogP contribution in [0.15, 0.2) is 12.1 Å². The van der Waals surface area contributed by atoms with Crippen molar-refractivity contribution in [2.45, 2.75) is 26.8 Å². The van der Waals surface area contributed by atoms with Gasteiger partial charge in [0.15, 0.2) is 11.5 Å². The highest BCUT2D eigenvalue weighted by atomic mass is 16.7. The van der Waals surface area contributed by atoms with E-state index in [4.69, 9.17) is 20.2 Å². The first-order valence-electron chi connectivity index (χ1n) is 6.68. The molecule has 1 aromatic heterocycles. The van der Waals surface area contributed by atoms with Crippen molar-refractivity contribution < 1.29 is 9.47 Å². The largest absolute Gasteiger partial charge is 0.454 e. The van der Waals surface area contributed by atoms with Crippen LogP contribution in [0.3, 0.4) is 0 Å². The van der Waals surface area contributed by atoms with Gasteiger partial charge in [0.2, 0.25) is 6.79 Å². The highest BCUT2D eigenvalue weighted by Gasteiger charge is 2.19. The number of hydrogen-bond acceptors (Lipinski definition) is 4. The van der Waals surface area contributed by atoms with Gasteiger partial charge in [-0.25, -0.2) is 4.98 Å². The van der Waals surface area contributed by atoms with Crippen molar-refractivity contribution in [2.75, 3.05) is 13.3 Å². The standard InChI is InChI=1S/C14H19N3O2/c1-9(2)5-14-16-10-6-12-13(19-8-18-12)7-11(10)17(14)4-3-15/h6-7,9H,3-5,8,15H2,1-2H3. The van der Waals surface area contributed by atoms with Crippen molar-refractivity contribution in [3.05, 3.63) is 18.0 Å². The Kier molecular flexibility index (Phi) is 3.06. The molecule has 19 heavy (non-hydrogen) atoms. The molecule has 0 saturated carbocycles. The van der Waals surface area contributed by atoms with E-state index in [9.17, 15) is 0 Å². The maximum absolute atomic E-state index is 5.72. The minimum Gasteiger partial charge on any atom is -0.454 e. The fourth-order valence-electron chi connectivity index (χ4n) is 2.46. The van der Waals surface area contributed by atoms with Crippen LogP contribution < -0.4 is 15.2 Å². The Hall–Kier alpha value is -1.75. The van der Waals surface area contributed by atoms with Crippen molar-refractivity contribution in [3.8, 4) is 11.5 Å². The molecule has 0 unspecified atom stereocenters. The van der Waals surface area contributed by atoms with Gasteiger partial charge in [-0.3, -0.25) is 0 Å². The lowest BCUT2D eigenvalue weighted by Crippen LogP contribution is -2.13. The molecule has 1 aliphatic rings. The van der Waals surface area contributed by atoms with Crippen molar-refractivity contribution in [1.82, 2.24) is 9.55 Å². The van der Waals surface area contributed by atoms with Gasteiger partial charge in [0, 0.05) is 31.6 Å². The SMILES string of the molecule is CC(C)Cc1nc2cc3c(cc2n1CCN)OCO3. The number of hydrogen-bond donors (Lipinski definition) is 1. The molecule has 0 amide bonds. The van der Waals surface area contributed by atoms with Gasteiger partial charge >= 0.3 is 0 Å². The zero-order chi connectivity index (χ0) is 13.4. The van der Waals surface area contributed by atoms with E-state index in [1.54, 1.807) is 0 Å². The van der Waals surface area contributed by atoms with Crippen LogP contribution in [-0.2, 0) is 13.0 Å². The maximum Gasteiger partial charge on any atom is 0.231 e. The van der Waals surface area contributed by atoms with Crippen molar-refractivity contribution in [1.29, 1.82) is 0 Å². The van der Waals surface area contributed by atoms with E-state index in [1.807, 2.05) is 12.1 Å². The summed E-state index contributed by atoms with van der Waals surface area (Å²) in [6.45, 7) is 6.05. The molecule has 0 spiro atoms. The summed E-state index contributed by atoms with van der Waals surface area (Å²) < 4.78 is 13.0. The highest BCUT2D eigenvalue weighted by molar-refractivity contribution is 5.81. The summed E-state index contributed by atoms with van der Waals surface area (Å²) in [4.78, 5) is 4.72. The molecule has 5 nitrogen and oxygen atoms in total. The van der Waals surface area contributed by atoms with Crippen molar-refractivity contribution >= 4 is 11.0 Å². The monoisotopic (exact) mass is 261 g/mol. The highest BCUT2D eigenvalue weighted by Crippen LogP contribution is 2.36. The topological polar surface area (TPSA) is 62.3 Å². The molecule has 0 saturated heterocycles. The third kappa shape index (κ3) is 2.14.